The Morgan fingerprint density at radius 3 is 2.48 bits per heavy atom. The van der Waals surface area contributed by atoms with Gasteiger partial charge >= 0.3 is 0 Å². The summed E-state index contributed by atoms with van der Waals surface area (Å²) >= 11 is 0. The molecule has 0 spiro atoms. The lowest BCUT2D eigenvalue weighted by Gasteiger charge is -2.21. The first kappa shape index (κ1) is 18.0. The highest BCUT2D eigenvalue weighted by molar-refractivity contribution is 7.92. The lowest BCUT2D eigenvalue weighted by Crippen LogP contribution is -2.33. The molecule has 0 saturated heterocycles. The topological polar surface area (TPSA) is 66.5 Å². The minimum atomic E-state index is -3.62. The van der Waals surface area contributed by atoms with E-state index in [-0.39, 0.29) is 16.7 Å². The van der Waals surface area contributed by atoms with E-state index in [4.69, 9.17) is 0 Å². The minimum Gasteiger partial charge on any atom is -0.312 e. The predicted molar refractivity (Wildman–Crippen MR) is 106 cm³/mol. The van der Waals surface area contributed by atoms with Gasteiger partial charge in [0, 0.05) is 23.8 Å². The number of nitrogens with one attached hydrogen (secondary N) is 1. The molecule has 1 aliphatic carbocycles. The van der Waals surface area contributed by atoms with E-state index in [1.165, 1.54) is 0 Å². The Hall–Kier alpha value is -2.34. The molecule has 0 radical (unpaired) electrons. The summed E-state index contributed by atoms with van der Waals surface area (Å²) in [6.45, 7) is 2.60. The molecule has 0 bridgehead atoms. The number of hydrogen-bond acceptors (Lipinski definition) is 3. The number of nitrogens with zero attached hydrogens (tertiary/aromatic N) is 1. The van der Waals surface area contributed by atoms with Crippen molar-refractivity contribution in [1.29, 1.82) is 0 Å². The SMILES string of the molecule is Cc1ccc(S(=O)(=O)Nc2ccc3c(c2)CCN3C(=O)C2CCCC2)cc1. The van der Waals surface area contributed by atoms with Crippen LogP contribution in [-0.4, -0.2) is 20.9 Å². The van der Waals surface area contributed by atoms with Gasteiger partial charge in [0.2, 0.25) is 5.91 Å². The molecule has 1 heterocycles. The molecule has 0 atom stereocenters. The molecule has 0 aromatic heterocycles. The largest absolute Gasteiger partial charge is 0.312 e. The van der Waals surface area contributed by atoms with Crippen molar-refractivity contribution in [3.05, 3.63) is 53.6 Å². The normalized spacial score (nSPS) is 17.1. The van der Waals surface area contributed by atoms with Crippen LogP contribution in [0.5, 0.6) is 0 Å². The number of hydrogen-bond donors (Lipinski definition) is 1. The van der Waals surface area contributed by atoms with Crippen molar-refractivity contribution in [2.75, 3.05) is 16.2 Å². The Bertz CT molecular complexity index is 961. The van der Waals surface area contributed by atoms with Gasteiger partial charge in [0.1, 0.15) is 0 Å². The van der Waals surface area contributed by atoms with E-state index in [9.17, 15) is 13.2 Å². The van der Waals surface area contributed by atoms with Crippen LogP contribution in [-0.2, 0) is 21.2 Å². The molecule has 1 saturated carbocycles. The minimum absolute atomic E-state index is 0.149. The number of fused-ring (bicyclic) bond motifs is 1. The highest BCUT2D eigenvalue weighted by Gasteiger charge is 2.32. The Balaban J connectivity index is 1.53. The van der Waals surface area contributed by atoms with Gasteiger partial charge in [-0.05, 0) is 62.1 Å². The van der Waals surface area contributed by atoms with Crippen LogP contribution in [0.1, 0.15) is 36.8 Å². The number of carbonyl (C=O) groups excluding carboxylic acids is 1. The van der Waals surface area contributed by atoms with Crippen LogP contribution in [0.2, 0.25) is 0 Å². The summed E-state index contributed by atoms with van der Waals surface area (Å²) in [6.07, 6.45) is 5.00. The molecular formula is C21H24N2O3S. The Labute approximate surface area is 160 Å². The Kier molecular flexibility index (Phi) is 4.68. The Morgan fingerprint density at radius 2 is 1.78 bits per heavy atom. The fourth-order valence-electron chi connectivity index (χ4n) is 4.02. The van der Waals surface area contributed by atoms with Crippen LogP contribution in [0, 0.1) is 12.8 Å². The van der Waals surface area contributed by atoms with Gasteiger partial charge < -0.3 is 4.90 Å². The van der Waals surface area contributed by atoms with Crippen molar-refractivity contribution < 1.29 is 13.2 Å². The van der Waals surface area contributed by atoms with Crippen molar-refractivity contribution in [3.63, 3.8) is 0 Å². The zero-order valence-electron chi connectivity index (χ0n) is 15.4. The summed E-state index contributed by atoms with van der Waals surface area (Å²) in [5.74, 6) is 0.370. The predicted octanol–water partition coefficient (Wildman–Crippen LogP) is 3.88. The molecule has 142 valence electrons. The van der Waals surface area contributed by atoms with Crippen LogP contribution in [0.25, 0.3) is 0 Å². The number of rotatable bonds is 4. The highest BCUT2D eigenvalue weighted by Crippen LogP contribution is 2.35. The molecule has 1 N–H and O–H groups in total. The summed E-state index contributed by atoms with van der Waals surface area (Å²) in [5, 5.41) is 0. The zero-order chi connectivity index (χ0) is 19.0. The summed E-state index contributed by atoms with van der Waals surface area (Å²) in [4.78, 5) is 14.9. The van der Waals surface area contributed by atoms with Crippen molar-refractivity contribution in [2.24, 2.45) is 5.92 Å². The monoisotopic (exact) mass is 384 g/mol. The van der Waals surface area contributed by atoms with Crippen LogP contribution in [0.3, 0.4) is 0 Å². The van der Waals surface area contributed by atoms with Crippen LogP contribution in [0.15, 0.2) is 47.4 Å². The first-order valence-electron chi connectivity index (χ1n) is 9.48. The number of sulfonamides is 1. The highest BCUT2D eigenvalue weighted by atomic mass is 32.2. The molecule has 4 rings (SSSR count). The maximum atomic E-state index is 12.8. The number of benzene rings is 2. The average molecular weight is 385 g/mol. The lowest BCUT2D eigenvalue weighted by molar-refractivity contribution is -0.122. The zero-order valence-corrected chi connectivity index (χ0v) is 16.3. The number of anilines is 2. The fourth-order valence-corrected chi connectivity index (χ4v) is 5.07. The maximum Gasteiger partial charge on any atom is 0.261 e. The Morgan fingerprint density at radius 1 is 1.07 bits per heavy atom. The molecule has 2 aromatic rings. The second-order valence-electron chi connectivity index (χ2n) is 7.48. The summed E-state index contributed by atoms with van der Waals surface area (Å²) in [7, 11) is -3.62. The van der Waals surface area contributed by atoms with Crippen LogP contribution < -0.4 is 9.62 Å². The quantitative estimate of drug-likeness (QED) is 0.870. The molecule has 0 unspecified atom stereocenters. The third-order valence-corrected chi connectivity index (χ3v) is 6.93. The van der Waals surface area contributed by atoms with Crippen molar-refractivity contribution in [1.82, 2.24) is 0 Å². The van der Waals surface area contributed by atoms with E-state index in [1.807, 2.05) is 24.0 Å². The lowest BCUT2D eigenvalue weighted by atomic mass is 10.1. The van der Waals surface area contributed by atoms with Crippen molar-refractivity contribution in [3.8, 4) is 0 Å². The van der Waals surface area contributed by atoms with Crippen LogP contribution in [0.4, 0.5) is 11.4 Å². The molecule has 1 amide bonds. The maximum absolute atomic E-state index is 12.8. The van der Waals surface area contributed by atoms with Gasteiger partial charge in [-0.15, -0.1) is 0 Å². The molecule has 1 fully saturated rings. The third-order valence-electron chi connectivity index (χ3n) is 5.53. The molecule has 27 heavy (non-hydrogen) atoms. The van der Waals surface area contributed by atoms with Gasteiger partial charge in [-0.1, -0.05) is 30.5 Å². The molecule has 1 aliphatic heterocycles. The first-order valence-corrected chi connectivity index (χ1v) is 11.0. The van der Waals surface area contributed by atoms with Gasteiger partial charge in [0.05, 0.1) is 4.90 Å². The molecule has 2 aromatic carbocycles. The van der Waals surface area contributed by atoms with E-state index >= 15 is 0 Å². The van der Waals surface area contributed by atoms with Crippen molar-refractivity contribution in [2.45, 2.75) is 43.9 Å². The van der Waals surface area contributed by atoms with Gasteiger partial charge in [0.15, 0.2) is 0 Å². The van der Waals surface area contributed by atoms with Gasteiger partial charge in [-0.25, -0.2) is 8.42 Å². The second-order valence-corrected chi connectivity index (χ2v) is 9.17. The summed E-state index contributed by atoms with van der Waals surface area (Å²) < 4.78 is 27.8. The third kappa shape index (κ3) is 3.58. The van der Waals surface area contributed by atoms with E-state index in [1.54, 1.807) is 30.3 Å². The van der Waals surface area contributed by atoms with Crippen LogP contribution >= 0.6 is 0 Å². The van der Waals surface area contributed by atoms with Crippen molar-refractivity contribution >= 4 is 27.3 Å². The first-order chi connectivity index (χ1) is 12.9. The second kappa shape index (κ2) is 7.00. The summed E-state index contributed by atoms with van der Waals surface area (Å²) in [6, 6.07) is 12.2. The van der Waals surface area contributed by atoms with Gasteiger partial charge in [-0.3, -0.25) is 9.52 Å². The van der Waals surface area contributed by atoms with E-state index < -0.39 is 10.0 Å². The molecule has 2 aliphatic rings. The molecule has 6 heteroatoms. The standard InChI is InChI=1S/C21H24N2O3S/c1-15-6-9-19(10-7-15)27(25,26)22-18-8-11-20-17(14-18)12-13-23(20)21(24)16-4-2-3-5-16/h6-11,14,16,22H,2-5,12-13H2,1H3. The summed E-state index contributed by atoms with van der Waals surface area (Å²) in [5.41, 5.74) is 3.48. The molecule has 5 nitrogen and oxygen atoms in total. The van der Waals surface area contributed by atoms with E-state index in [0.717, 1.165) is 48.9 Å². The average Bonchev–Trinajstić information content (AvgIpc) is 3.31. The smallest absolute Gasteiger partial charge is 0.261 e. The van der Waals surface area contributed by atoms with Gasteiger partial charge in [0.25, 0.3) is 10.0 Å². The number of carbonyl (C=O) groups is 1. The molecular weight excluding hydrogens is 360 g/mol. The number of amides is 1. The van der Waals surface area contributed by atoms with E-state index in [2.05, 4.69) is 4.72 Å². The fraction of sp³-hybridized carbons (Fsp3) is 0.381. The number of aryl methyl sites for hydroxylation is 1. The van der Waals surface area contributed by atoms with E-state index in [0.29, 0.717) is 12.2 Å². The van der Waals surface area contributed by atoms with Gasteiger partial charge in [-0.2, -0.15) is 0 Å².